The fourth-order valence-corrected chi connectivity index (χ4v) is 7.91. The largest absolute Gasteiger partial charge is 0.403 e. The Morgan fingerprint density at radius 3 is 2.54 bits per heavy atom. The second-order valence-electron chi connectivity index (χ2n) is 10.1. The number of rotatable bonds is 3. The Kier molecular flexibility index (Phi) is 4.83. The van der Waals surface area contributed by atoms with Crippen LogP contribution in [-0.2, 0) is 4.79 Å². The van der Waals surface area contributed by atoms with Crippen molar-refractivity contribution in [1.29, 1.82) is 0 Å². The predicted molar refractivity (Wildman–Crippen MR) is 104 cm³/mol. The van der Waals surface area contributed by atoms with Crippen molar-refractivity contribution in [3.8, 4) is 0 Å². The van der Waals surface area contributed by atoms with Crippen LogP contribution < -0.4 is 17.0 Å². The third kappa shape index (κ3) is 2.71. The molecular weight excluding hydrogens is 322 g/mol. The fourth-order valence-electron chi connectivity index (χ4n) is 7.91. The maximum atomic E-state index is 13.0. The number of carbonyl (C=O) groups is 1. The summed E-state index contributed by atoms with van der Waals surface area (Å²) in [4.78, 5) is 13.0. The molecule has 0 bridgehead atoms. The molecule has 4 aliphatic carbocycles. The van der Waals surface area contributed by atoms with E-state index in [-0.39, 0.29) is 17.1 Å². The summed E-state index contributed by atoms with van der Waals surface area (Å²) in [5.74, 6) is 11.1. The first-order valence-electron chi connectivity index (χ1n) is 10.9. The Labute approximate surface area is 158 Å². The number of Topliss-reactive ketones (excluding diaryl/α,β-unsaturated/α-hetero) is 1. The molecule has 0 radical (unpaired) electrons. The van der Waals surface area contributed by atoms with Gasteiger partial charge in [0.25, 0.3) is 0 Å². The minimum absolute atomic E-state index is 0.0865. The van der Waals surface area contributed by atoms with Gasteiger partial charge in [-0.3, -0.25) is 10.6 Å². The second kappa shape index (κ2) is 6.85. The molecule has 4 rings (SSSR count). The molecule has 26 heavy (non-hydrogen) atoms. The highest BCUT2D eigenvalue weighted by molar-refractivity contribution is 5.97. The Morgan fingerprint density at radius 1 is 1.04 bits per heavy atom. The van der Waals surface area contributed by atoms with Crippen molar-refractivity contribution < 1.29 is 4.79 Å². The minimum atomic E-state index is 0.0865. The summed E-state index contributed by atoms with van der Waals surface area (Å²) in [5.41, 5.74) is 8.68. The summed E-state index contributed by atoms with van der Waals surface area (Å²) >= 11 is 0. The lowest BCUT2D eigenvalue weighted by Crippen LogP contribution is -2.49. The van der Waals surface area contributed by atoms with Crippen LogP contribution in [0.3, 0.4) is 0 Å². The van der Waals surface area contributed by atoms with E-state index in [0.717, 1.165) is 36.0 Å². The van der Waals surface area contributed by atoms with E-state index in [9.17, 15) is 4.79 Å². The van der Waals surface area contributed by atoms with Crippen molar-refractivity contribution in [2.75, 3.05) is 0 Å². The van der Waals surface area contributed by atoms with Gasteiger partial charge >= 0.3 is 0 Å². The van der Waals surface area contributed by atoms with Gasteiger partial charge in [-0.05, 0) is 92.3 Å². The highest BCUT2D eigenvalue weighted by atomic mass is 16.1. The molecule has 0 aromatic rings. The molecule has 4 saturated carbocycles. The molecule has 8 unspecified atom stereocenters. The SMILES string of the molecule is CC1CCC2C(CCC3C2CCC2(C)C(C(=O)/C(=C/N)NN)CCC32)C1. The maximum absolute atomic E-state index is 13.0. The van der Waals surface area contributed by atoms with Crippen molar-refractivity contribution in [1.82, 2.24) is 5.43 Å². The number of hydrogen-bond donors (Lipinski definition) is 3. The smallest absolute Gasteiger partial charge is 0.185 e. The van der Waals surface area contributed by atoms with Crippen LogP contribution in [0.2, 0.25) is 0 Å². The first-order valence-corrected chi connectivity index (χ1v) is 10.9. The molecule has 0 amide bonds. The molecule has 0 heterocycles. The van der Waals surface area contributed by atoms with Gasteiger partial charge in [-0.2, -0.15) is 0 Å². The lowest BCUT2D eigenvalue weighted by Gasteiger charge is -2.56. The van der Waals surface area contributed by atoms with Gasteiger partial charge in [0.1, 0.15) is 5.70 Å². The summed E-state index contributed by atoms with van der Waals surface area (Å²) in [6.07, 6.45) is 13.3. The standard InChI is InChI=1S/C22H37N3O/c1-13-3-5-15-14(11-13)4-6-17-16(15)9-10-22(2)18(17)7-8-19(22)21(26)20(12-23)25-24/h12-19,25H,3-11,23-24H2,1-2H3/b20-12-. The van der Waals surface area contributed by atoms with Crippen LogP contribution in [0.4, 0.5) is 0 Å². The van der Waals surface area contributed by atoms with Crippen LogP contribution in [-0.4, -0.2) is 5.78 Å². The quantitative estimate of drug-likeness (QED) is 0.407. The van der Waals surface area contributed by atoms with Gasteiger partial charge in [0.2, 0.25) is 0 Å². The Morgan fingerprint density at radius 2 is 1.81 bits per heavy atom. The maximum Gasteiger partial charge on any atom is 0.185 e. The number of carbonyl (C=O) groups excluding carboxylic acids is 1. The summed E-state index contributed by atoms with van der Waals surface area (Å²) in [6, 6.07) is 0. The number of hydrogen-bond acceptors (Lipinski definition) is 4. The van der Waals surface area contributed by atoms with Crippen molar-refractivity contribution in [3.63, 3.8) is 0 Å². The molecule has 4 aliphatic rings. The van der Waals surface area contributed by atoms with E-state index in [2.05, 4.69) is 19.3 Å². The van der Waals surface area contributed by atoms with E-state index in [4.69, 9.17) is 11.6 Å². The molecule has 5 N–H and O–H groups in total. The number of fused-ring (bicyclic) bond motifs is 5. The third-order valence-electron chi connectivity index (χ3n) is 9.12. The molecule has 0 spiro atoms. The molecule has 0 aromatic carbocycles. The number of nitrogens with one attached hydrogen (secondary N) is 1. The second-order valence-corrected chi connectivity index (χ2v) is 10.1. The van der Waals surface area contributed by atoms with Gasteiger partial charge in [0.05, 0.1) is 0 Å². The molecule has 0 saturated heterocycles. The van der Waals surface area contributed by atoms with Gasteiger partial charge in [0, 0.05) is 12.1 Å². The van der Waals surface area contributed by atoms with Crippen molar-refractivity contribution in [2.24, 2.45) is 58.4 Å². The summed E-state index contributed by atoms with van der Waals surface area (Å²) in [5, 5.41) is 0. The van der Waals surface area contributed by atoms with Gasteiger partial charge in [-0.1, -0.05) is 20.3 Å². The Hall–Kier alpha value is -1.03. The molecular formula is C22H37N3O. The van der Waals surface area contributed by atoms with Crippen molar-refractivity contribution in [3.05, 3.63) is 11.9 Å². The zero-order valence-corrected chi connectivity index (χ0v) is 16.5. The molecule has 146 valence electrons. The first kappa shape index (κ1) is 18.3. The summed E-state index contributed by atoms with van der Waals surface area (Å²) in [6.45, 7) is 4.84. The highest BCUT2D eigenvalue weighted by Gasteiger charge is 2.58. The van der Waals surface area contributed by atoms with E-state index in [0.29, 0.717) is 11.6 Å². The fraction of sp³-hybridized carbons (Fsp3) is 0.864. The zero-order chi connectivity index (χ0) is 18.5. The van der Waals surface area contributed by atoms with Crippen molar-refractivity contribution >= 4 is 5.78 Å². The van der Waals surface area contributed by atoms with E-state index < -0.39 is 0 Å². The monoisotopic (exact) mass is 359 g/mol. The van der Waals surface area contributed by atoms with E-state index in [1.807, 2.05) is 0 Å². The average Bonchev–Trinajstić information content (AvgIpc) is 2.99. The number of nitrogens with two attached hydrogens (primary N) is 2. The highest BCUT2D eigenvalue weighted by Crippen LogP contribution is 2.64. The molecule has 4 heteroatoms. The molecule has 8 atom stereocenters. The van der Waals surface area contributed by atoms with Gasteiger partial charge in [0.15, 0.2) is 5.78 Å². The predicted octanol–water partition coefficient (Wildman–Crippen LogP) is 3.72. The van der Waals surface area contributed by atoms with Crippen LogP contribution in [0, 0.1) is 46.8 Å². The van der Waals surface area contributed by atoms with Crippen molar-refractivity contribution in [2.45, 2.75) is 71.6 Å². The number of allylic oxidation sites excluding steroid dienone is 1. The van der Waals surface area contributed by atoms with Crippen LogP contribution >= 0.6 is 0 Å². The topological polar surface area (TPSA) is 81.1 Å². The minimum Gasteiger partial charge on any atom is -0.403 e. The van der Waals surface area contributed by atoms with Gasteiger partial charge < -0.3 is 11.2 Å². The van der Waals surface area contributed by atoms with E-state index in [1.165, 1.54) is 57.6 Å². The number of ketones is 1. The van der Waals surface area contributed by atoms with E-state index >= 15 is 0 Å². The Balaban J connectivity index is 1.54. The van der Waals surface area contributed by atoms with E-state index in [1.54, 1.807) is 0 Å². The lowest BCUT2D eigenvalue weighted by molar-refractivity contribution is -0.127. The molecule has 0 aliphatic heterocycles. The van der Waals surface area contributed by atoms with Crippen LogP contribution in [0.25, 0.3) is 0 Å². The first-order chi connectivity index (χ1) is 12.5. The lowest BCUT2D eigenvalue weighted by atomic mass is 9.49. The van der Waals surface area contributed by atoms with Gasteiger partial charge in [-0.15, -0.1) is 0 Å². The van der Waals surface area contributed by atoms with Crippen LogP contribution in [0.15, 0.2) is 11.9 Å². The summed E-state index contributed by atoms with van der Waals surface area (Å²) < 4.78 is 0. The normalized spacial score (nSPS) is 48.3. The summed E-state index contributed by atoms with van der Waals surface area (Å²) in [7, 11) is 0. The van der Waals surface area contributed by atoms with Crippen LogP contribution in [0.1, 0.15) is 71.6 Å². The van der Waals surface area contributed by atoms with Gasteiger partial charge in [-0.25, -0.2) is 0 Å². The molecule has 4 fully saturated rings. The van der Waals surface area contributed by atoms with Crippen LogP contribution in [0.5, 0.6) is 0 Å². The average molecular weight is 360 g/mol. The number of hydrazine groups is 1. The zero-order valence-electron chi connectivity index (χ0n) is 16.5. The third-order valence-corrected chi connectivity index (χ3v) is 9.12. The molecule has 0 aromatic heterocycles. The molecule has 4 nitrogen and oxygen atoms in total. The Bertz CT molecular complexity index is 588.